The van der Waals surface area contributed by atoms with Crippen LogP contribution in [0.25, 0.3) is 0 Å². The Balaban J connectivity index is 0.00000180. The van der Waals surface area contributed by atoms with E-state index < -0.39 is 0 Å². The van der Waals surface area contributed by atoms with Gasteiger partial charge in [0.25, 0.3) is 0 Å². The number of rotatable bonds is 4. The summed E-state index contributed by atoms with van der Waals surface area (Å²) in [5, 5.41) is 3.16. The molecule has 0 spiro atoms. The van der Waals surface area contributed by atoms with E-state index in [-0.39, 0.29) is 36.7 Å². The van der Waals surface area contributed by atoms with Crippen molar-refractivity contribution in [1.82, 2.24) is 15.1 Å². The van der Waals surface area contributed by atoms with E-state index in [2.05, 4.69) is 5.32 Å². The molecule has 2 rings (SSSR count). The molecule has 1 aliphatic carbocycles. The van der Waals surface area contributed by atoms with Crippen molar-refractivity contribution >= 4 is 24.2 Å². The van der Waals surface area contributed by atoms with Crippen LogP contribution in [0.3, 0.4) is 0 Å². The third-order valence-corrected chi connectivity index (χ3v) is 3.96. The predicted molar refractivity (Wildman–Crippen MR) is 76.3 cm³/mol. The molecule has 2 amide bonds. The minimum absolute atomic E-state index is 0. The van der Waals surface area contributed by atoms with Crippen LogP contribution in [0.4, 0.5) is 0 Å². The lowest BCUT2D eigenvalue weighted by molar-refractivity contribution is -0.140. The van der Waals surface area contributed by atoms with Gasteiger partial charge in [-0.3, -0.25) is 9.59 Å². The molecular weight excluding hydrogens is 266 g/mol. The molecule has 1 saturated carbocycles. The average Bonchev–Trinajstić information content (AvgIpc) is 2.27. The fourth-order valence-electron chi connectivity index (χ4n) is 2.48. The Morgan fingerprint density at radius 2 is 2.11 bits per heavy atom. The van der Waals surface area contributed by atoms with Gasteiger partial charge in [-0.15, -0.1) is 12.4 Å². The molecule has 1 saturated heterocycles. The zero-order valence-corrected chi connectivity index (χ0v) is 12.5. The van der Waals surface area contributed by atoms with Crippen molar-refractivity contribution in [1.29, 1.82) is 0 Å². The fourth-order valence-corrected chi connectivity index (χ4v) is 2.48. The second kappa shape index (κ2) is 7.10. The first kappa shape index (κ1) is 16.2. The molecule has 2 fully saturated rings. The Labute approximate surface area is 121 Å². The maximum atomic E-state index is 12.3. The van der Waals surface area contributed by atoms with E-state index in [1.54, 1.807) is 19.0 Å². The van der Waals surface area contributed by atoms with E-state index in [1.165, 1.54) is 19.3 Å². The number of hydrogen-bond donors (Lipinski definition) is 1. The highest BCUT2D eigenvalue weighted by Crippen LogP contribution is 2.27. The van der Waals surface area contributed by atoms with Crippen molar-refractivity contribution in [2.75, 3.05) is 33.7 Å². The summed E-state index contributed by atoms with van der Waals surface area (Å²) in [7, 11) is 3.45. The monoisotopic (exact) mass is 289 g/mol. The van der Waals surface area contributed by atoms with Crippen molar-refractivity contribution in [3.63, 3.8) is 0 Å². The second-order valence-electron chi connectivity index (χ2n) is 5.58. The maximum Gasteiger partial charge on any atom is 0.240 e. The van der Waals surface area contributed by atoms with Crippen LogP contribution in [0.5, 0.6) is 0 Å². The van der Waals surface area contributed by atoms with E-state index in [9.17, 15) is 9.59 Å². The van der Waals surface area contributed by atoms with Crippen molar-refractivity contribution in [3.8, 4) is 0 Å². The minimum atomic E-state index is -0.325. The molecule has 110 valence electrons. The standard InChI is InChI=1S/C13H23N3O2.ClH/c1-15(2)12(17)8-11-13(18)16(7-6-14-11)9-10-4-3-5-10;/h10-11,14H,3-9H2,1-2H3;1H. The lowest BCUT2D eigenvalue weighted by atomic mass is 9.85. The highest BCUT2D eigenvalue weighted by molar-refractivity contribution is 5.88. The summed E-state index contributed by atoms with van der Waals surface area (Å²) in [4.78, 5) is 27.4. The van der Waals surface area contributed by atoms with Crippen LogP contribution in [0.2, 0.25) is 0 Å². The van der Waals surface area contributed by atoms with Crippen LogP contribution in [0.1, 0.15) is 25.7 Å². The Hall–Kier alpha value is -0.810. The summed E-state index contributed by atoms with van der Waals surface area (Å²) >= 11 is 0. The molecule has 1 atom stereocenters. The van der Waals surface area contributed by atoms with Crippen LogP contribution in [-0.2, 0) is 9.59 Å². The molecule has 0 aromatic rings. The predicted octanol–water partition coefficient (Wildman–Crippen LogP) is 0.487. The van der Waals surface area contributed by atoms with Crippen molar-refractivity contribution in [2.45, 2.75) is 31.7 Å². The van der Waals surface area contributed by atoms with E-state index in [0.717, 1.165) is 19.6 Å². The summed E-state index contributed by atoms with van der Waals surface area (Å²) < 4.78 is 0. The molecule has 2 aliphatic rings. The van der Waals surface area contributed by atoms with Crippen molar-refractivity contribution in [3.05, 3.63) is 0 Å². The molecule has 1 aliphatic heterocycles. The quantitative estimate of drug-likeness (QED) is 0.819. The van der Waals surface area contributed by atoms with Gasteiger partial charge in [0.05, 0.1) is 12.5 Å². The minimum Gasteiger partial charge on any atom is -0.349 e. The summed E-state index contributed by atoms with van der Waals surface area (Å²) in [6.07, 6.45) is 4.07. The van der Waals surface area contributed by atoms with Crippen molar-refractivity contribution < 1.29 is 9.59 Å². The topological polar surface area (TPSA) is 52.7 Å². The molecule has 0 aromatic heterocycles. The second-order valence-corrected chi connectivity index (χ2v) is 5.58. The van der Waals surface area contributed by atoms with Crippen molar-refractivity contribution in [2.24, 2.45) is 5.92 Å². The summed E-state index contributed by atoms with van der Waals surface area (Å²) in [6, 6.07) is -0.325. The number of hydrogen-bond acceptors (Lipinski definition) is 3. The number of carbonyl (C=O) groups is 2. The SMILES string of the molecule is CN(C)C(=O)CC1NCCN(CC2CCC2)C1=O.Cl. The van der Waals surface area contributed by atoms with Gasteiger partial charge in [0.2, 0.25) is 11.8 Å². The van der Waals surface area contributed by atoms with Crippen LogP contribution in [0, 0.1) is 5.92 Å². The highest BCUT2D eigenvalue weighted by Gasteiger charge is 2.32. The van der Waals surface area contributed by atoms with Crippen LogP contribution in [0.15, 0.2) is 0 Å². The van der Waals surface area contributed by atoms with Gasteiger partial charge in [-0.25, -0.2) is 0 Å². The molecule has 0 aromatic carbocycles. The van der Waals surface area contributed by atoms with Gasteiger partial charge in [-0.05, 0) is 18.8 Å². The first-order chi connectivity index (χ1) is 8.58. The van der Waals surface area contributed by atoms with Crippen LogP contribution >= 0.6 is 12.4 Å². The molecule has 1 unspecified atom stereocenters. The number of carbonyl (C=O) groups excluding carboxylic acids is 2. The van der Waals surface area contributed by atoms with Gasteiger partial charge < -0.3 is 15.1 Å². The molecular formula is C13H24ClN3O2. The van der Waals surface area contributed by atoms with Crippen LogP contribution < -0.4 is 5.32 Å². The zero-order chi connectivity index (χ0) is 13.1. The van der Waals surface area contributed by atoms with Gasteiger partial charge in [0.1, 0.15) is 0 Å². The Morgan fingerprint density at radius 1 is 1.42 bits per heavy atom. The van der Waals surface area contributed by atoms with E-state index >= 15 is 0 Å². The highest BCUT2D eigenvalue weighted by atomic mass is 35.5. The van der Waals surface area contributed by atoms with Gasteiger partial charge in [-0.1, -0.05) is 6.42 Å². The first-order valence-corrected chi connectivity index (χ1v) is 6.80. The number of nitrogens with one attached hydrogen (secondary N) is 1. The van der Waals surface area contributed by atoms with E-state index in [4.69, 9.17) is 0 Å². The Kier molecular flexibility index (Phi) is 6.07. The number of halogens is 1. The van der Waals surface area contributed by atoms with Gasteiger partial charge >= 0.3 is 0 Å². The molecule has 5 nitrogen and oxygen atoms in total. The third-order valence-electron chi connectivity index (χ3n) is 3.96. The zero-order valence-electron chi connectivity index (χ0n) is 11.7. The van der Waals surface area contributed by atoms with Gasteiger partial charge in [-0.2, -0.15) is 0 Å². The number of nitrogens with zero attached hydrogens (tertiary/aromatic N) is 2. The van der Waals surface area contributed by atoms with Gasteiger partial charge in [0, 0.05) is 33.7 Å². The Bertz CT molecular complexity index is 332. The maximum absolute atomic E-state index is 12.3. The molecule has 6 heteroatoms. The summed E-state index contributed by atoms with van der Waals surface area (Å²) in [5.74, 6) is 0.798. The average molecular weight is 290 g/mol. The normalized spacial score (nSPS) is 23.6. The molecule has 1 N–H and O–H groups in total. The molecule has 0 bridgehead atoms. The smallest absolute Gasteiger partial charge is 0.240 e. The fraction of sp³-hybridized carbons (Fsp3) is 0.846. The number of piperazine rings is 1. The summed E-state index contributed by atoms with van der Waals surface area (Å²) in [6.45, 7) is 2.46. The Morgan fingerprint density at radius 3 is 2.63 bits per heavy atom. The third kappa shape index (κ3) is 4.08. The van der Waals surface area contributed by atoms with Crippen LogP contribution in [-0.4, -0.2) is 61.4 Å². The first-order valence-electron chi connectivity index (χ1n) is 6.80. The lowest BCUT2D eigenvalue weighted by Crippen LogP contribution is -2.57. The molecule has 1 heterocycles. The summed E-state index contributed by atoms with van der Waals surface area (Å²) in [5.41, 5.74) is 0. The van der Waals surface area contributed by atoms with E-state index in [0.29, 0.717) is 5.92 Å². The van der Waals surface area contributed by atoms with E-state index in [1.807, 2.05) is 4.90 Å². The molecule has 19 heavy (non-hydrogen) atoms. The number of amides is 2. The largest absolute Gasteiger partial charge is 0.349 e. The van der Waals surface area contributed by atoms with Gasteiger partial charge in [0.15, 0.2) is 0 Å². The molecule has 0 radical (unpaired) electrons. The lowest BCUT2D eigenvalue weighted by Gasteiger charge is -2.37.